The Balaban J connectivity index is 1.96. The van der Waals surface area contributed by atoms with Crippen LogP contribution in [0.1, 0.15) is 12.0 Å². The first-order valence-corrected chi connectivity index (χ1v) is 8.98. The minimum Gasteiger partial charge on any atom is -0.383 e. The van der Waals surface area contributed by atoms with E-state index >= 15 is 0 Å². The Morgan fingerprint density at radius 2 is 1.95 bits per heavy atom. The second-order valence-electron chi connectivity index (χ2n) is 4.93. The number of fused-ring (bicyclic) bond motifs is 1. The van der Waals surface area contributed by atoms with Crippen LogP contribution in [-0.2, 0) is 16.4 Å². The molecule has 0 spiro atoms. The van der Waals surface area contributed by atoms with E-state index < -0.39 is 10.0 Å². The number of benzene rings is 2. The van der Waals surface area contributed by atoms with Crippen molar-refractivity contribution in [3.63, 3.8) is 0 Å². The fourth-order valence-electron chi connectivity index (χ4n) is 2.43. The van der Waals surface area contributed by atoms with E-state index in [-0.39, 0.29) is 4.90 Å². The molecule has 4 nitrogen and oxygen atoms in total. The molecule has 2 aromatic rings. The maximum atomic E-state index is 12.5. The summed E-state index contributed by atoms with van der Waals surface area (Å²) in [4.78, 5) is 0.241. The molecule has 0 aliphatic carbocycles. The highest BCUT2D eigenvalue weighted by molar-refractivity contribution is 9.10. The van der Waals surface area contributed by atoms with E-state index in [0.29, 0.717) is 5.69 Å². The molecule has 2 N–H and O–H groups in total. The lowest BCUT2D eigenvalue weighted by Gasteiger charge is -2.21. The number of halogens is 1. The van der Waals surface area contributed by atoms with Crippen molar-refractivity contribution in [1.29, 1.82) is 0 Å². The van der Waals surface area contributed by atoms with E-state index in [1.165, 1.54) is 0 Å². The van der Waals surface area contributed by atoms with Crippen molar-refractivity contribution < 1.29 is 8.42 Å². The molecule has 0 radical (unpaired) electrons. The molecule has 0 saturated carbocycles. The quantitative estimate of drug-likeness (QED) is 0.872. The second-order valence-corrected chi connectivity index (χ2v) is 7.53. The van der Waals surface area contributed by atoms with Crippen LogP contribution in [0.25, 0.3) is 0 Å². The van der Waals surface area contributed by atoms with E-state index in [4.69, 9.17) is 0 Å². The molecule has 3 rings (SSSR count). The highest BCUT2D eigenvalue weighted by atomic mass is 79.9. The molecule has 0 fully saturated rings. The van der Waals surface area contributed by atoms with Gasteiger partial charge in [-0.2, -0.15) is 0 Å². The predicted octanol–water partition coefficient (Wildman–Crippen LogP) is 3.61. The third-order valence-electron chi connectivity index (χ3n) is 3.43. The van der Waals surface area contributed by atoms with Gasteiger partial charge in [0.25, 0.3) is 10.0 Å². The molecular formula is C15H15BrN2O2S. The van der Waals surface area contributed by atoms with Gasteiger partial charge in [-0.25, -0.2) is 8.42 Å². The molecule has 0 saturated heterocycles. The van der Waals surface area contributed by atoms with Crippen molar-refractivity contribution in [3.8, 4) is 0 Å². The monoisotopic (exact) mass is 366 g/mol. The number of rotatable bonds is 3. The minimum atomic E-state index is -3.59. The third-order valence-corrected chi connectivity index (χ3v) is 5.28. The topological polar surface area (TPSA) is 58.2 Å². The largest absolute Gasteiger partial charge is 0.383 e. The van der Waals surface area contributed by atoms with Gasteiger partial charge < -0.3 is 5.32 Å². The Bertz CT molecular complexity index is 775. The summed E-state index contributed by atoms with van der Waals surface area (Å²) in [5.74, 6) is 0. The molecule has 0 aromatic heterocycles. The molecule has 0 amide bonds. The Morgan fingerprint density at radius 1 is 1.14 bits per heavy atom. The van der Waals surface area contributed by atoms with Gasteiger partial charge in [0.2, 0.25) is 0 Å². The number of aryl methyl sites for hydroxylation is 1. The lowest BCUT2D eigenvalue weighted by atomic mass is 10.0. The first-order chi connectivity index (χ1) is 10.1. The molecular weight excluding hydrogens is 352 g/mol. The lowest BCUT2D eigenvalue weighted by Crippen LogP contribution is -2.18. The van der Waals surface area contributed by atoms with Gasteiger partial charge in [0.1, 0.15) is 0 Å². The Morgan fingerprint density at radius 3 is 2.76 bits per heavy atom. The van der Waals surface area contributed by atoms with Crippen molar-refractivity contribution in [3.05, 3.63) is 52.5 Å². The molecule has 0 bridgehead atoms. The van der Waals surface area contributed by atoms with Crippen LogP contribution in [0.3, 0.4) is 0 Å². The van der Waals surface area contributed by atoms with E-state index in [2.05, 4.69) is 26.0 Å². The fraction of sp³-hybridized carbons (Fsp3) is 0.200. The van der Waals surface area contributed by atoms with Crippen LogP contribution in [0, 0.1) is 0 Å². The van der Waals surface area contributed by atoms with Gasteiger partial charge in [-0.1, -0.05) is 34.1 Å². The number of anilines is 2. The zero-order valence-electron chi connectivity index (χ0n) is 11.3. The molecule has 110 valence electrons. The summed E-state index contributed by atoms with van der Waals surface area (Å²) in [5, 5.41) is 3.28. The van der Waals surface area contributed by atoms with Gasteiger partial charge in [0.05, 0.1) is 16.3 Å². The zero-order chi connectivity index (χ0) is 14.9. The van der Waals surface area contributed by atoms with E-state index in [1.54, 1.807) is 30.3 Å². The Kier molecular flexibility index (Phi) is 3.91. The summed E-state index contributed by atoms with van der Waals surface area (Å²) < 4.78 is 28.4. The normalized spacial score (nSPS) is 14.1. The van der Waals surface area contributed by atoms with Gasteiger partial charge in [-0.3, -0.25) is 4.72 Å². The van der Waals surface area contributed by atoms with Gasteiger partial charge in [-0.15, -0.1) is 0 Å². The van der Waals surface area contributed by atoms with Gasteiger partial charge in [0, 0.05) is 11.0 Å². The fourth-order valence-corrected chi connectivity index (χ4v) is 4.10. The average Bonchev–Trinajstić information content (AvgIpc) is 2.47. The second kappa shape index (κ2) is 5.69. The van der Waals surface area contributed by atoms with Crippen LogP contribution >= 0.6 is 15.9 Å². The molecule has 1 aliphatic heterocycles. The van der Waals surface area contributed by atoms with E-state index in [0.717, 1.165) is 35.1 Å². The highest BCUT2D eigenvalue weighted by Crippen LogP contribution is 2.31. The number of hydrogen-bond acceptors (Lipinski definition) is 3. The smallest absolute Gasteiger partial charge is 0.262 e. The van der Waals surface area contributed by atoms with Crippen LogP contribution in [0.4, 0.5) is 11.4 Å². The standard InChI is InChI=1S/C15H15BrN2O2S/c16-12-6-2-7-13(10-12)21(19,20)18-14-8-1-4-11-5-3-9-17-15(11)14/h1-2,4,6-8,10,17-18H,3,5,9H2. The van der Waals surface area contributed by atoms with Crippen LogP contribution < -0.4 is 10.0 Å². The summed E-state index contributed by atoms with van der Waals surface area (Å²) >= 11 is 3.30. The molecule has 1 aliphatic rings. The van der Waals surface area contributed by atoms with Gasteiger partial charge in [0.15, 0.2) is 0 Å². The van der Waals surface area contributed by atoms with Crippen LogP contribution in [0.15, 0.2) is 51.8 Å². The molecule has 2 aromatic carbocycles. The number of sulfonamides is 1. The highest BCUT2D eigenvalue weighted by Gasteiger charge is 2.19. The van der Waals surface area contributed by atoms with Crippen molar-refractivity contribution in [2.24, 2.45) is 0 Å². The summed E-state index contributed by atoms with van der Waals surface area (Å²) in [7, 11) is -3.59. The molecule has 21 heavy (non-hydrogen) atoms. The minimum absolute atomic E-state index is 0.241. The number of nitrogens with one attached hydrogen (secondary N) is 2. The van der Waals surface area contributed by atoms with Crippen molar-refractivity contribution >= 4 is 37.3 Å². The third kappa shape index (κ3) is 3.06. The zero-order valence-corrected chi connectivity index (χ0v) is 13.7. The van der Waals surface area contributed by atoms with Crippen molar-refractivity contribution in [2.75, 3.05) is 16.6 Å². The van der Waals surface area contributed by atoms with Crippen LogP contribution in [0.2, 0.25) is 0 Å². The molecule has 1 heterocycles. The van der Waals surface area contributed by atoms with Crippen LogP contribution in [0.5, 0.6) is 0 Å². The van der Waals surface area contributed by atoms with Crippen molar-refractivity contribution in [1.82, 2.24) is 0 Å². The molecule has 0 unspecified atom stereocenters. The van der Waals surface area contributed by atoms with E-state index in [1.807, 2.05) is 12.1 Å². The first-order valence-electron chi connectivity index (χ1n) is 6.70. The van der Waals surface area contributed by atoms with E-state index in [9.17, 15) is 8.42 Å². The average molecular weight is 367 g/mol. The summed E-state index contributed by atoms with van der Waals surface area (Å²) in [5.41, 5.74) is 2.64. The molecule has 6 heteroatoms. The SMILES string of the molecule is O=S(=O)(Nc1cccc2c1NCCC2)c1cccc(Br)c1. The Labute approximate surface area is 132 Å². The summed E-state index contributed by atoms with van der Waals surface area (Å²) in [6, 6.07) is 12.4. The summed E-state index contributed by atoms with van der Waals surface area (Å²) in [6.07, 6.45) is 2.03. The number of para-hydroxylation sites is 1. The molecule has 0 atom stereocenters. The first kappa shape index (κ1) is 14.4. The lowest BCUT2D eigenvalue weighted by molar-refractivity contribution is 0.601. The van der Waals surface area contributed by atoms with Gasteiger partial charge in [-0.05, 0) is 42.7 Å². The number of hydrogen-bond donors (Lipinski definition) is 2. The summed E-state index contributed by atoms with van der Waals surface area (Å²) in [6.45, 7) is 0.864. The predicted molar refractivity (Wildman–Crippen MR) is 88.2 cm³/mol. The maximum absolute atomic E-state index is 12.5. The van der Waals surface area contributed by atoms with Crippen LogP contribution in [-0.4, -0.2) is 15.0 Å². The van der Waals surface area contributed by atoms with Crippen molar-refractivity contribution in [2.45, 2.75) is 17.7 Å². The Hall–Kier alpha value is -1.53. The van der Waals surface area contributed by atoms with Gasteiger partial charge >= 0.3 is 0 Å². The maximum Gasteiger partial charge on any atom is 0.262 e.